The van der Waals surface area contributed by atoms with Crippen LogP contribution in [0, 0.1) is 0 Å². The number of unbranched alkanes of at least 4 members (excludes halogenated alkanes) is 1. The summed E-state index contributed by atoms with van der Waals surface area (Å²) >= 11 is 1.67. The smallest absolute Gasteiger partial charge is 0.119 e. The van der Waals surface area contributed by atoms with Crippen LogP contribution in [0.25, 0.3) is 11.3 Å². The zero-order chi connectivity index (χ0) is 11.9. The molecule has 0 N–H and O–H groups in total. The van der Waals surface area contributed by atoms with Gasteiger partial charge in [0, 0.05) is 17.6 Å². The van der Waals surface area contributed by atoms with Gasteiger partial charge in [0.05, 0.1) is 12.3 Å². The number of benzene rings is 1. The monoisotopic (exact) mass is 247 g/mol. The lowest BCUT2D eigenvalue weighted by Gasteiger charge is -1.99. The van der Waals surface area contributed by atoms with E-state index in [-0.39, 0.29) is 0 Å². The van der Waals surface area contributed by atoms with E-state index >= 15 is 0 Å². The second kappa shape index (κ2) is 6.52. The fraction of sp³-hybridized carbons (Fsp3) is 0.357. The lowest BCUT2D eigenvalue weighted by Crippen LogP contribution is -1.94. The lowest BCUT2D eigenvalue weighted by molar-refractivity contribution is 0.118. The standard InChI is InChI=1S/C14H17NOS/c1-2-3-9-16-10-14-15-13(11-17-14)12-7-5-4-6-8-12/h4-8,11H,2-3,9-10H2,1H3. The summed E-state index contributed by atoms with van der Waals surface area (Å²) in [5.74, 6) is 0. The maximum absolute atomic E-state index is 5.56. The molecule has 17 heavy (non-hydrogen) atoms. The number of thiazole rings is 1. The van der Waals surface area contributed by atoms with Gasteiger partial charge in [0.25, 0.3) is 0 Å². The molecule has 0 aliphatic heterocycles. The van der Waals surface area contributed by atoms with Gasteiger partial charge in [-0.25, -0.2) is 4.98 Å². The molecule has 2 rings (SSSR count). The summed E-state index contributed by atoms with van der Waals surface area (Å²) in [6.45, 7) is 3.63. The van der Waals surface area contributed by atoms with E-state index in [0.29, 0.717) is 6.61 Å². The molecule has 2 nitrogen and oxygen atoms in total. The van der Waals surface area contributed by atoms with Crippen LogP contribution in [0.2, 0.25) is 0 Å². The molecule has 0 atom stereocenters. The van der Waals surface area contributed by atoms with Gasteiger partial charge in [-0.05, 0) is 6.42 Å². The van der Waals surface area contributed by atoms with Gasteiger partial charge in [-0.2, -0.15) is 0 Å². The second-order valence-corrected chi connectivity index (χ2v) is 4.84. The Morgan fingerprint density at radius 2 is 2.06 bits per heavy atom. The van der Waals surface area contributed by atoms with Crippen LogP contribution in [0.5, 0.6) is 0 Å². The topological polar surface area (TPSA) is 22.1 Å². The Morgan fingerprint density at radius 3 is 2.82 bits per heavy atom. The summed E-state index contributed by atoms with van der Waals surface area (Å²) in [5, 5.41) is 3.15. The third-order valence-corrected chi connectivity index (χ3v) is 3.31. The molecule has 1 heterocycles. The summed E-state index contributed by atoms with van der Waals surface area (Å²) in [4.78, 5) is 4.57. The van der Waals surface area contributed by atoms with Crippen LogP contribution in [-0.2, 0) is 11.3 Å². The van der Waals surface area contributed by atoms with Crippen LogP contribution < -0.4 is 0 Å². The van der Waals surface area contributed by atoms with Gasteiger partial charge in [0.1, 0.15) is 5.01 Å². The normalized spacial score (nSPS) is 10.6. The predicted octanol–water partition coefficient (Wildman–Crippen LogP) is 4.13. The first-order valence-electron chi connectivity index (χ1n) is 5.97. The number of rotatable bonds is 6. The van der Waals surface area contributed by atoms with Crippen LogP contribution in [0.4, 0.5) is 0 Å². The van der Waals surface area contributed by atoms with E-state index in [4.69, 9.17) is 4.74 Å². The van der Waals surface area contributed by atoms with Crippen LogP contribution in [0.15, 0.2) is 35.7 Å². The molecular formula is C14H17NOS. The minimum Gasteiger partial charge on any atom is -0.374 e. The van der Waals surface area contributed by atoms with Crippen molar-refractivity contribution in [2.24, 2.45) is 0 Å². The molecule has 3 heteroatoms. The number of aromatic nitrogens is 1. The van der Waals surface area contributed by atoms with Gasteiger partial charge in [0.2, 0.25) is 0 Å². The highest BCUT2D eigenvalue weighted by atomic mass is 32.1. The Hall–Kier alpha value is -1.19. The first-order valence-corrected chi connectivity index (χ1v) is 6.85. The zero-order valence-corrected chi connectivity index (χ0v) is 10.9. The summed E-state index contributed by atoms with van der Waals surface area (Å²) in [6, 6.07) is 10.2. The molecule has 1 aromatic heterocycles. The predicted molar refractivity (Wildman–Crippen MR) is 72.1 cm³/mol. The quantitative estimate of drug-likeness (QED) is 0.716. The zero-order valence-electron chi connectivity index (χ0n) is 10.1. The maximum Gasteiger partial charge on any atom is 0.119 e. The Kier molecular flexibility index (Phi) is 4.71. The van der Waals surface area contributed by atoms with Crippen molar-refractivity contribution >= 4 is 11.3 Å². The molecule has 0 fully saturated rings. The summed E-state index contributed by atoms with van der Waals surface area (Å²) in [6.07, 6.45) is 2.30. The average molecular weight is 247 g/mol. The molecule has 1 aromatic carbocycles. The van der Waals surface area contributed by atoms with Gasteiger partial charge in [-0.3, -0.25) is 0 Å². The molecule has 0 saturated carbocycles. The molecule has 0 amide bonds. The first-order chi connectivity index (χ1) is 8.40. The summed E-state index contributed by atoms with van der Waals surface area (Å²) in [7, 11) is 0. The highest BCUT2D eigenvalue weighted by Crippen LogP contribution is 2.21. The maximum atomic E-state index is 5.56. The Bertz CT molecular complexity index is 438. The highest BCUT2D eigenvalue weighted by molar-refractivity contribution is 7.09. The van der Waals surface area contributed by atoms with E-state index in [0.717, 1.165) is 23.7 Å². The van der Waals surface area contributed by atoms with Crippen molar-refractivity contribution in [1.82, 2.24) is 4.98 Å². The van der Waals surface area contributed by atoms with E-state index in [9.17, 15) is 0 Å². The van der Waals surface area contributed by atoms with E-state index in [1.165, 1.54) is 12.0 Å². The van der Waals surface area contributed by atoms with E-state index in [1.807, 2.05) is 18.2 Å². The van der Waals surface area contributed by atoms with E-state index in [1.54, 1.807) is 11.3 Å². The minimum absolute atomic E-state index is 0.636. The van der Waals surface area contributed by atoms with Crippen molar-refractivity contribution in [1.29, 1.82) is 0 Å². The lowest BCUT2D eigenvalue weighted by atomic mass is 10.2. The fourth-order valence-corrected chi connectivity index (χ4v) is 2.26. The molecule has 0 unspecified atom stereocenters. The van der Waals surface area contributed by atoms with Crippen molar-refractivity contribution in [3.05, 3.63) is 40.7 Å². The first kappa shape index (κ1) is 12.3. The number of hydrogen-bond acceptors (Lipinski definition) is 3. The van der Waals surface area contributed by atoms with Crippen molar-refractivity contribution < 1.29 is 4.74 Å². The van der Waals surface area contributed by atoms with Gasteiger partial charge in [-0.1, -0.05) is 43.7 Å². The molecule has 90 valence electrons. The van der Waals surface area contributed by atoms with Crippen molar-refractivity contribution in [2.45, 2.75) is 26.4 Å². The second-order valence-electron chi connectivity index (χ2n) is 3.90. The summed E-state index contributed by atoms with van der Waals surface area (Å²) < 4.78 is 5.56. The van der Waals surface area contributed by atoms with Gasteiger partial charge in [-0.15, -0.1) is 11.3 Å². The molecule has 0 saturated heterocycles. The van der Waals surface area contributed by atoms with Gasteiger partial charge >= 0.3 is 0 Å². The molecule has 0 spiro atoms. The molecule has 0 aliphatic carbocycles. The van der Waals surface area contributed by atoms with Crippen LogP contribution in [0.1, 0.15) is 24.8 Å². The van der Waals surface area contributed by atoms with E-state index in [2.05, 4.69) is 29.4 Å². The van der Waals surface area contributed by atoms with Crippen LogP contribution in [-0.4, -0.2) is 11.6 Å². The molecule has 0 aliphatic rings. The molecular weight excluding hydrogens is 230 g/mol. The van der Waals surface area contributed by atoms with Crippen LogP contribution in [0.3, 0.4) is 0 Å². The Labute approximate surface area is 106 Å². The van der Waals surface area contributed by atoms with Crippen molar-refractivity contribution in [3.8, 4) is 11.3 Å². The van der Waals surface area contributed by atoms with Crippen LogP contribution >= 0.6 is 11.3 Å². The Balaban J connectivity index is 1.92. The van der Waals surface area contributed by atoms with Gasteiger partial charge < -0.3 is 4.74 Å². The highest BCUT2D eigenvalue weighted by Gasteiger charge is 2.03. The number of hydrogen-bond donors (Lipinski definition) is 0. The number of ether oxygens (including phenoxy) is 1. The molecule has 2 aromatic rings. The van der Waals surface area contributed by atoms with Gasteiger partial charge in [0.15, 0.2) is 0 Å². The summed E-state index contributed by atoms with van der Waals surface area (Å²) in [5.41, 5.74) is 2.22. The van der Waals surface area contributed by atoms with Crippen molar-refractivity contribution in [2.75, 3.05) is 6.61 Å². The fourth-order valence-electron chi connectivity index (χ4n) is 1.52. The SMILES string of the molecule is CCCCOCc1nc(-c2ccccc2)cs1. The Morgan fingerprint density at radius 1 is 1.24 bits per heavy atom. The average Bonchev–Trinajstić information content (AvgIpc) is 2.85. The third kappa shape index (κ3) is 3.65. The van der Waals surface area contributed by atoms with E-state index < -0.39 is 0 Å². The molecule has 0 bridgehead atoms. The third-order valence-electron chi connectivity index (χ3n) is 2.49. The number of nitrogens with zero attached hydrogens (tertiary/aromatic N) is 1. The van der Waals surface area contributed by atoms with Crippen molar-refractivity contribution in [3.63, 3.8) is 0 Å². The molecule has 0 radical (unpaired) electrons. The minimum atomic E-state index is 0.636. The largest absolute Gasteiger partial charge is 0.374 e.